The number of amides is 1. The summed E-state index contributed by atoms with van der Waals surface area (Å²) in [7, 11) is 1.76. The predicted octanol–water partition coefficient (Wildman–Crippen LogP) is 2.16. The van der Waals surface area contributed by atoms with Crippen molar-refractivity contribution in [3.8, 4) is 0 Å². The van der Waals surface area contributed by atoms with Crippen LogP contribution in [-0.2, 0) is 27.8 Å². The van der Waals surface area contributed by atoms with Crippen molar-refractivity contribution < 1.29 is 19.1 Å². The molecule has 0 unspecified atom stereocenters. The molecular weight excluding hydrogens is 320 g/mol. The Bertz CT molecular complexity index is 745. The fraction of sp³-hybridized carbons (Fsp3) is 0.316. The van der Waals surface area contributed by atoms with E-state index in [0.29, 0.717) is 17.9 Å². The molecule has 1 heterocycles. The Morgan fingerprint density at radius 2 is 1.68 bits per heavy atom. The summed E-state index contributed by atoms with van der Waals surface area (Å²) in [5.41, 5.74) is 8.21. The van der Waals surface area contributed by atoms with E-state index in [-0.39, 0.29) is 18.2 Å². The maximum atomic E-state index is 12.3. The van der Waals surface area contributed by atoms with Crippen LogP contribution in [0.3, 0.4) is 0 Å². The van der Waals surface area contributed by atoms with Crippen molar-refractivity contribution in [3.63, 3.8) is 0 Å². The quantitative estimate of drug-likeness (QED) is 0.664. The van der Waals surface area contributed by atoms with Crippen LogP contribution in [0, 0.1) is 6.92 Å². The van der Waals surface area contributed by atoms with Gasteiger partial charge in [-0.2, -0.15) is 0 Å². The number of nitrogens with two attached hydrogens (primary N) is 1. The lowest BCUT2D eigenvalue weighted by molar-refractivity contribution is -0.140. The Labute approximate surface area is 147 Å². The van der Waals surface area contributed by atoms with E-state index >= 15 is 0 Å². The second-order valence-electron chi connectivity index (χ2n) is 5.53. The number of hydrogen-bond donors (Lipinski definition) is 1. The van der Waals surface area contributed by atoms with Crippen molar-refractivity contribution in [3.05, 3.63) is 58.9 Å². The molecule has 2 rings (SSSR count). The monoisotopic (exact) mass is 344 g/mol. The second kappa shape index (κ2) is 9.42. The molecule has 1 aromatic heterocycles. The van der Waals surface area contributed by atoms with Gasteiger partial charge in [-0.25, -0.2) is 0 Å². The van der Waals surface area contributed by atoms with Gasteiger partial charge < -0.3 is 15.0 Å². The number of carbonyl (C=O) groups excluding carboxylic acids is 3. The first-order valence-electron chi connectivity index (χ1n) is 7.93. The average Bonchev–Trinajstić information content (AvgIpc) is 2.88. The van der Waals surface area contributed by atoms with Gasteiger partial charge in [-0.1, -0.05) is 29.8 Å². The maximum absolute atomic E-state index is 12.3. The lowest BCUT2D eigenvalue weighted by atomic mass is 10.1. The number of ether oxygens (including phenoxy) is 1. The molecule has 134 valence electrons. The Kier molecular flexibility index (Phi) is 7.59. The Balaban J connectivity index is 0.000000450. The summed E-state index contributed by atoms with van der Waals surface area (Å²) in [5.74, 6) is -0.675. The number of rotatable bonds is 5. The average molecular weight is 344 g/mol. The number of carbonyl (C=O) groups is 3. The van der Waals surface area contributed by atoms with Crippen LogP contribution in [0.1, 0.15) is 41.2 Å². The first-order chi connectivity index (χ1) is 11.8. The van der Waals surface area contributed by atoms with E-state index in [9.17, 15) is 14.4 Å². The summed E-state index contributed by atoms with van der Waals surface area (Å²) >= 11 is 0. The largest absolute Gasteiger partial charge is 0.466 e. The summed E-state index contributed by atoms with van der Waals surface area (Å²) in [6, 6.07) is 10.9. The van der Waals surface area contributed by atoms with Gasteiger partial charge in [-0.05, 0) is 26.0 Å². The van der Waals surface area contributed by atoms with Crippen LogP contribution in [-0.4, -0.2) is 28.8 Å². The predicted molar refractivity (Wildman–Crippen MR) is 95.2 cm³/mol. The van der Waals surface area contributed by atoms with Crippen LogP contribution in [0.25, 0.3) is 0 Å². The minimum atomic E-state index is -0.407. The Morgan fingerprint density at radius 3 is 2.12 bits per heavy atom. The second-order valence-corrected chi connectivity index (χ2v) is 5.53. The molecule has 0 aliphatic rings. The lowest BCUT2D eigenvalue weighted by Crippen LogP contribution is -2.17. The van der Waals surface area contributed by atoms with Crippen molar-refractivity contribution >= 4 is 17.7 Å². The molecule has 0 aliphatic carbocycles. The van der Waals surface area contributed by atoms with Gasteiger partial charge >= 0.3 is 5.97 Å². The Hall–Kier alpha value is -2.89. The minimum Gasteiger partial charge on any atom is -0.466 e. The van der Waals surface area contributed by atoms with Gasteiger partial charge in [0.1, 0.15) is 0 Å². The highest BCUT2D eigenvalue weighted by Gasteiger charge is 2.15. The minimum absolute atomic E-state index is 0.0572. The molecular formula is C19H24N2O4. The first kappa shape index (κ1) is 20.2. The highest BCUT2D eigenvalue weighted by molar-refractivity contribution is 6.08. The summed E-state index contributed by atoms with van der Waals surface area (Å²) in [5, 5.41) is 0. The van der Waals surface area contributed by atoms with E-state index < -0.39 is 5.91 Å². The van der Waals surface area contributed by atoms with Crippen LogP contribution in [0.15, 0.2) is 36.4 Å². The summed E-state index contributed by atoms with van der Waals surface area (Å²) in [6.07, 6.45) is 0.137. The van der Waals surface area contributed by atoms with Crippen molar-refractivity contribution in [2.45, 2.75) is 27.2 Å². The SMILES string of the molecule is CCOC(C)=O.Cc1ccc(C(=O)c2ccc(CC(N)=O)n2C)cc1. The van der Waals surface area contributed by atoms with Gasteiger partial charge in [0.15, 0.2) is 0 Å². The van der Waals surface area contributed by atoms with E-state index in [1.807, 2.05) is 19.1 Å². The number of primary amides is 1. The molecule has 0 bridgehead atoms. The molecule has 0 fully saturated rings. The zero-order chi connectivity index (χ0) is 19.0. The van der Waals surface area contributed by atoms with Crippen LogP contribution >= 0.6 is 0 Å². The van der Waals surface area contributed by atoms with Crippen LogP contribution < -0.4 is 5.73 Å². The van der Waals surface area contributed by atoms with E-state index in [2.05, 4.69) is 4.74 Å². The molecule has 1 aromatic carbocycles. The van der Waals surface area contributed by atoms with Crippen LogP contribution in [0.2, 0.25) is 0 Å². The topological polar surface area (TPSA) is 91.4 Å². The summed E-state index contributed by atoms with van der Waals surface area (Å²) in [4.78, 5) is 33.1. The number of ketones is 1. The fourth-order valence-corrected chi connectivity index (χ4v) is 2.19. The van der Waals surface area contributed by atoms with Crippen molar-refractivity contribution in [1.82, 2.24) is 4.57 Å². The molecule has 0 saturated carbocycles. The molecule has 0 spiro atoms. The maximum Gasteiger partial charge on any atom is 0.302 e. The number of aromatic nitrogens is 1. The van der Waals surface area contributed by atoms with Crippen molar-refractivity contribution in [2.75, 3.05) is 6.61 Å². The molecule has 0 saturated heterocycles. The molecule has 6 heteroatoms. The van der Waals surface area contributed by atoms with Gasteiger partial charge in [0.05, 0.1) is 18.7 Å². The molecule has 1 amide bonds. The standard InChI is InChI=1S/C15H16N2O2.C4H8O2/c1-10-3-5-11(6-4-10)15(19)13-8-7-12(17(13)2)9-14(16)18;1-3-6-4(2)5/h3-8H,9H2,1-2H3,(H2,16,18);3H2,1-2H3. The molecule has 0 aliphatic heterocycles. The van der Waals surface area contributed by atoms with E-state index in [1.54, 1.807) is 42.8 Å². The van der Waals surface area contributed by atoms with Crippen LogP contribution in [0.5, 0.6) is 0 Å². The van der Waals surface area contributed by atoms with E-state index in [0.717, 1.165) is 11.3 Å². The molecule has 0 atom stereocenters. The zero-order valence-corrected chi connectivity index (χ0v) is 15.0. The first-order valence-corrected chi connectivity index (χ1v) is 7.93. The van der Waals surface area contributed by atoms with E-state index in [1.165, 1.54) is 6.92 Å². The van der Waals surface area contributed by atoms with Crippen molar-refractivity contribution in [1.29, 1.82) is 0 Å². The molecule has 2 N–H and O–H groups in total. The van der Waals surface area contributed by atoms with Gasteiger partial charge in [-0.3, -0.25) is 14.4 Å². The fourth-order valence-electron chi connectivity index (χ4n) is 2.19. The van der Waals surface area contributed by atoms with Crippen LogP contribution in [0.4, 0.5) is 0 Å². The zero-order valence-electron chi connectivity index (χ0n) is 15.0. The van der Waals surface area contributed by atoms with Crippen molar-refractivity contribution in [2.24, 2.45) is 12.8 Å². The normalized spacial score (nSPS) is 9.76. The molecule has 25 heavy (non-hydrogen) atoms. The Morgan fingerprint density at radius 1 is 1.08 bits per heavy atom. The summed E-state index contributed by atoms with van der Waals surface area (Å²) < 4.78 is 6.12. The third kappa shape index (κ3) is 6.25. The highest BCUT2D eigenvalue weighted by Crippen LogP contribution is 2.14. The number of benzene rings is 1. The van der Waals surface area contributed by atoms with Gasteiger partial charge in [0.25, 0.3) is 0 Å². The molecule has 2 aromatic rings. The third-order valence-corrected chi connectivity index (χ3v) is 3.48. The van der Waals surface area contributed by atoms with Gasteiger partial charge in [0, 0.05) is 25.2 Å². The third-order valence-electron chi connectivity index (χ3n) is 3.48. The summed E-state index contributed by atoms with van der Waals surface area (Å²) in [6.45, 7) is 5.63. The molecule has 0 radical (unpaired) electrons. The van der Waals surface area contributed by atoms with Gasteiger partial charge in [-0.15, -0.1) is 0 Å². The molecule has 6 nitrogen and oxygen atoms in total. The van der Waals surface area contributed by atoms with Gasteiger partial charge in [0.2, 0.25) is 11.7 Å². The highest BCUT2D eigenvalue weighted by atomic mass is 16.5. The number of aryl methyl sites for hydroxylation is 1. The number of esters is 1. The smallest absolute Gasteiger partial charge is 0.302 e. The number of nitrogens with zero attached hydrogens (tertiary/aromatic N) is 1. The lowest BCUT2D eigenvalue weighted by Gasteiger charge is -2.06. The number of hydrogen-bond acceptors (Lipinski definition) is 4. The van der Waals surface area contributed by atoms with E-state index in [4.69, 9.17) is 5.73 Å².